The highest BCUT2D eigenvalue weighted by molar-refractivity contribution is 9.10. The number of rotatable bonds is 6. The highest BCUT2D eigenvalue weighted by Crippen LogP contribution is 2.44. The van der Waals surface area contributed by atoms with E-state index in [9.17, 15) is 0 Å². The van der Waals surface area contributed by atoms with Gasteiger partial charge in [0.15, 0.2) is 11.5 Å². The van der Waals surface area contributed by atoms with Crippen molar-refractivity contribution in [2.45, 2.75) is 32.7 Å². The lowest BCUT2D eigenvalue weighted by Gasteiger charge is -2.17. The zero-order chi connectivity index (χ0) is 13.1. The Morgan fingerprint density at radius 3 is 2.28 bits per heavy atom. The van der Waals surface area contributed by atoms with Crippen LogP contribution < -0.4 is 15.2 Å². The van der Waals surface area contributed by atoms with Crippen molar-refractivity contribution in [1.82, 2.24) is 0 Å². The molecule has 4 heteroatoms. The fourth-order valence-electron chi connectivity index (χ4n) is 2.05. The molecular weight excluding hydrogens is 294 g/mol. The Kier molecular flexibility index (Phi) is 4.51. The van der Waals surface area contributed by atoms with Gasteiger partial charge in [-0.2, -0.15) is 0 Å². The van der Waals surface area contributed by atoms with Crippen molar-refractivity contribution in [3.05, 3.63) is 22.2 Å². The second-order valence-corrected chi connectivity index (χ2v) is 5.40. The zero-order valence-electron chi connectivity index (χ0n) is 10.9. The molecule has 0 bridgehead atoms. The van der Waals surface area contributed by atoms with Gasteiger partial charge >= 0.3 is 0 Å². The predicted octanol–water partition coefficient (Wildman–Crippen LogP) is 3.66. The van der Waals surface area contributed by atoms with Gasteiger partial charge in [0.2, 0.25) is 0 Å². The third-order valence-electron chi connectivity index (χ3n) is 3.15. The van der Waals surface area contributed by atoms with E-state index in [0.717, 1.165) is 21.5 Å². The number of nitrogens with two attached hydrogens (primary N) is 1. The van der Waals surface area contributed by atoms with E-state index < -0.39 is 0 Å². The van der Waals surface area contributed by atoms with Crippen molar-refractivity contribution in [1.29, 1.82) is 0 Å². The SMILES string of the molecule is CCOc1cc(Br)c(C(N)C2CC2)cc1OCC. The maximum atomic E-state index is 6.26. The largest absolute Gasteiger partial charge is 0.490 e. The van der Waals surface area contributed by atoms with Crippen LogP contribution in [-0.4, -0.2) is 13.2 Å². The number of hydrogen-bond donors (Lipinski definition) is 1. The van der Waals surface area contributed by atoms with Crippen LogP contribution in [0.3, 0.4) is 0 Å². The van der Waals surface area contributed by atoms with Crippen LogP contribution in [-0.2, 0) is 0 Å². The minimum atomic E-state index is 0.0919. The quantitative estimate of drug-likeness (QED) is 0.871. The topological polar surface area (TPSA) is 44.5 Å². The molecule has 2 rings (SSSR count). The van der Waals surface area contributed by atoms with Crippen molar-refractivity contribution < 1.29 is 9.47 Å². The summed E-state index contributed by atoms with van der Waals surface area (Å²) in [5, 5.41) is 0. The van der Waals surface area contributed by atoms with Crippen LogP contribution >= 0.6 is 15.9 Å². The van der Waals surface area contributed by atoms with Gasteiger partial charge in [-0.3, -0.25) is 0 Å². The molecule has 1 aromatic carbocycles. The van der Waals surface area contributed by atoms with Gasteiger partial charge in [-0.1, -0.05) is 15.9 Å². The van der Waals surface area contributed by atoms with Crippen molar-refractivity contribution in [2.75, 3.05) is 13.2 Å². The Hall–Kier alpha value is -0.740. The van der Waals surface area contributed by atoms with E-state index >= 15 is 0 Å². The molecule has 18 heavy (non-hydrogen) atoms. The van der Waals surface area contributed by atoms with Crippen molar-refractivity contribution in [2.24, 2.45) is 11.7 Å². The molecule has 1 saturated carbocycles. The average molecular weight is 314 g/mol. The van der Waals surface area contributed by atoms with E-state index in [1.807, 2.05) is 26.0 Å². The summed E-state index contributed by atoms with van der Waals surface area (Å²) in [5.41, 5.74) is 7.38. The minimum absolute atomic E-state index is 0.0919. The highest BCUT2D eigenvalue weighted by Gasteiger charge is 2.31. The Labute approximate surface area is 117 Å². The number of ether oxygens (including phenoxy) is 2. The molecule has 0 spiro atoms. The number of hydrogen-bond acceptors (Lipinski definition) is 3. The van der Waals surface area contributed by atoms with Crippen LogP contribution in [0.5, 0.6) is 11.5 Å². The van der Waals surface area contributed by atoms with Crippen LogP contribution in [0.15, 0.2) is 16.6 Å². The van der Waals surface area contributed by atoms with Gasteiger partial charge in [-0.15, -0.1) is 0 Å². The summed E-state index contributed by atoms with van der Waals surface area (Å²) in [7, 11) is 0. The molecule has 0 heterocycles. The van der Waals surface area contributed by atoms with Gasteiger partial charge in [-0.05, 0) is 50.3 Å². The minimum Gasteiger partial charge on any atom is -0.490 e. The third kappa shape index (κ3) is 2.98. The van der Waals surface area contributed by atoms with Crippen molar-refractivity contribution in [3.8, 4) is 11.5 Å². The summed E-state index contributed by atoms with van der Waals surface area (Å²) in [4.78, 5) is 0. The molecule has 0 amide bonds. The molecule has 0 aromatic heterocycles. The fraction of sp³-hybridized carbons (Fsp3) is 0.571. The molecule has 1 atom stereocenters. The third-order valence-corrected chi connectivity index (χ3v) is 3.84. The predicted molar refractivity (Wildman–Crippen MR) is 76.1 cm³/mol. The van der Waals surface area contributed by atoms with Crippen LogP contribution in [0, 0.1) is 5.92 Å². The first-order chi connectivity index (χ1) is 8.67. The summed E-state index contributed by atoms with van der Waals surface area (Å²) >= 11 is 3.58. The van der Waals surface area contributed by atoms with E-state index in [1.54, 1.807) is 0 Å². The molecule has 1 aliphatic carbocycles. The molecule has 0 saturated heterocycles. The first-order valence-corrected chi connectivity index (χ1v) is 7.31. The van der Waals surface area contributed by atoms with Crippen LogP contribution in [0.2, 0.25) is 0 Å². The van der Waals surface area contributed by atoms with Crippen molar-refractivity contribution in [3.63, 3.8) is 0 Å². The fourth-order valence-corrected chi connectivity index (χ4v) is 2.64. The van der Waals surface area contributed by atoms with E-state index in [0.29, 0.717) is 19.1 Å². The lowest BCUT2D eigenvalue weighted by Crippen LogP contribution is -2.13. The molecule has 100 valence electrons. The van der Waals surface area contributed by atoms with Gasteiger partial charge in [0.05, 0.1) is 13.2 Å². The molecule has 1 aromatic rings. The summed E-state index contributed by atoms with van der Waals surface area (Å²) in [5.74, 6) is 2.18. The van der Waals surface area contributed by atoms with Gasteiger partial charge < -0.3 is 15.2 Å². The molecule has 2 N–H and O–H groups in total. The molecule has 0 radical (unpaired) electrons. The summed E-state index contributed by atoms with van der Waals surface area (Å²) in [6.07, 6.45) is 2.45. The average Bonchev–Trinajstić information content (AvgIpc) is 3.16. The maximum Gasteiger partial charge on any atom is 0.162 e. The highest BCUT2D eigenvalue weighted by atomic mass is 79.9. The number of halogens is 1. The van der Waals surface area contributed by atoms with Crippen LogP contribution in [0.4, 0.5) is 0 Å². The Morgan fingerprint density at radius 1 is 1.22 bits per heavy atom. The van der Waals surface area contributed by atoms with Gasteiger partial charge in [0.25, 0.3) is 0 Å². The monoisotopic (exact) mass is 313 g/mol. The van der Waals surface area contributed by atoms with E-state index in [2.05, 4.69) is 15.9 Å². The summed E-state index contributed by atoms with van der Waals surface area (Å²) in [6, 6.07) is 4.07. The first-order valence-electron chi connectivity index (χ1n) is 6.52. The van der Waals surface area contributed by atoms with Gasteiger partial charge in [-0.25, -0.2) is 0 Å². The molecule has 1 unspecified atom stereocenters. The first kappa shape index (κ1) is 13.7. The maximum absolute atomic E-state index is 6.26. The Morgan fingerprint density at radius 2 is 1.78 bits per heavy atom. The molecular formula is C14H20BrNO2. The normalized spacial score (nSPS) is 16.4. The van der Waals surface area contributed by atoms with E-state index in [1.165, 1.54) is 12.8 Å². The van der Waals surface area contributed by atoms with E-state index in [-0.39, 0.29) is 6.04 Å². The Balaban J connectivity index is 2.32. The zero-order valence-corrected chi connectivity index (χ0v) is 12.5. The molecule has 0 aliphatic heterocycles. The van der Waals surface area contributed by atoms with Crippen LogP contribution in [0.1, 0.15) is 38.3 Å². The van der Waals surface area contributed by atoms with Crippen molar-refractivity contribution >= 4 is 15.9 Å². The molecule has 3 nitrogen and oxygen atoms in total. The molecule has 1 fully saturated rings. The second kappa shape index (κ2) is 5.93. The number of benzene rings is 1. The molecule has 1 aliphatic rings. The van der Waals surface area contributed by atoms with E-state index in [4.69, 9.17) is 15.2 Å². The standard InChI is InChI=1S/C14H20BrNO2/c1-3-17-12-7-10(14(16)9-5-6-9)11(15)8-13(12)18-4-2/h7-9,14H,3-6,16H2,1-2H3. The summed E-state index contributed by atoms with van der Waals surface area (Å²) in [6.45, 7) is 5.19. The summed E-state index contributed by atoms with van der Waals surface area (Å²) < 4.78 is 12.2. The lowest BCUT2D eigenvalue weighted by molar-refractivity contribution is 0.287. The second-order valence-electron chi connectivity index (χ2n) is 4.55. The Bertz CT molecular complexity index is 419. The van der Waals surface area contributed by atoms with Gasteiger partial charge in [0, 0.05) is 10.5 Å². The van der Waals surface area contributed by atoms with Crippen LogP contribution in [0.25, 0.3) is 0 Å². The van der Waals surface area contributed by atoms with Gasteiger partial charge in [0.1, 0.15) is 0 Å². The lowest BCUT2D eigenvalue weighted by atomic mass is 10.0. The smallest absolute Gasteiger partial charge is 0.162 e.